The minimum atomic E-state index is 0.416. The fraction of sp³-hybridized carbons (Fsp3) is 0.667. The maximum absolute atomic E-state index is 5.98. The standard InChI is InChI=1S/C15H23N3O/c1-11-5-6-17-14(16)13(11)7-18-8-15(9-18,10-19-2)12-3-4-12/h5-6,12H,3-4,7-10H2,1-2H3,(H2,16,17). The molecule has 0 amide bonds. The highest BCUT2D eigenvalue weighted by Gasteiger charge is 2.52. The molecule has 2 N–H and O–H groups in total. The summed E-state index contributed by atoms with van der Waals surface area (Å²) in [7, 11) is 1.82. The van der Waals surface area contributed by atoms with Gasteiger partial charge in [0.2, 0.25) is 0 Å². The van der Waals surface area contributed by atoms with Crippen molar-refractivity contribution in [2.45, 2.75) is 26.3 Å². The van der Waals surface area contributed by atoms with Crippen LogP contribution in [0.25, 0.3) is 0 Å². The number of aryl methyl sites for hydroxylation is 1. The Bertz CT molecular complexity index is 444. The summed E-state index contributed by atoms with van der Waals surface area (Å²) >= 11 is 0. The predicted octanol–water partition coefficient (Wildman–Crippen LogP) is 1.83. The molecule has 104 valence electrons. The first-order chi connectivity index (χ1) is 9.14. The molecule has 1 aromatic rings. The second-order valence-electron chi connectivity index (χ2n) is 6.21. The lowest BCUT2D eigenvalue weighted by Gasteiger charge is -2.50. The van der Waals surface area contributed by atoms with Crippen molar-refractivity contribution in [1.82, 2.24) is 9.88 Å². The van der Waals surface area contributed by atoms with E-state index in [-0.39, 0.29) is 0 Å². The molecule has 19 heavy (non-hydrogen) atoms. The van der Waals surface area contributed by atoms with Gasteiger partial charge in [-0.25, -0.2) is 4.98 Å². The van der Waals surface area contributed by atoms with Crippen LogP contribution in [0.1, 0.15) is 24.0 Å². The second kappa shape index (κ2) is 4.76. The highest BCUT2D eigenvalue weighted by molar-refractivity contribution is 5.43. The maximum Gasteiger partial charge on any atom is 0.128 e. The van der Waals surface area contributed by atoms with Gasteiger partial charge in [-0.3, -0.25) is 4.90 Å². The van der Waals surface area contributed by atoms with Gasteiger partial charge in [0.25, 0.3) is 0 Å². The van der Waals surface area contributed by atoms with Crippen molar-refractivity contribution in [3.63, 3.8) is 0 Å². The molecule has 1 aliphatic carbocycles. The Balaban J connectivity index is 1.64. The van der Waals surface area contributed by atoms with Crippen LogP contribution >= 0.6 is 0 Å². The van der Waals surface area contributed by atoms with Gasteiger partial charge < -0.3 is 10.5 Å². The third-order valence-electron chi connectivity index (χ3n) is 4.66. The van der Waals surface area contributed by atoms with Crippen LogP contribution in [0.3, 0.4) is 0 Å². The van der Waals surface area contributed by atoms with E-state index in [0.29, 0.717) is 11.2 Å². The Labute approximate surface area is 115 Å². The van der Waals surface area contributed by atoms with Crippen LogP contribution < -0.4 is 5.73 Å². The summed E-state index contributed by atoms with van der Waals surface area (Å²) in [6, 6.07) is 2.04. The molecule has 3 rings (SSSR count). The van der Waals surface area contributed by atoms with Crippen LogP contribution in [0.5, 0.6) is 0 Å². The summed E-state index contributed by atoms with van der Waals surface area (Å²) in [6.07, 6.45) is 4.54. The maximum atomic E-state index is 5.98. The summed E-state index contributed by atoms with van der Waals surface area (Å²) in [5.74, 6) is 1.56. The molecule has 0 bridgehead atoms. The Kier molecular flexibility index (Phi) is 3.23. The van der Waals surface area contributed by atoms with Crippen molar-refractivity contribution in [3.8, 4) is 0 Å². The van der Waals surface area contributed by atoms with Gasteiger partial charge in [0.05, 0.1) is 6.61 Å². The molecule has 0 spiro atoms. The van der Waals surface area contributed by atoms with Crippen molar-refractivity contribution in [3.05, 3.63) is 23.4 Å². The fourth-order valence-electron chi connectivity index (χ4n) is 3.45. The van der Waals surface area contributed by atoms with Crippen LogP contribution in [-0.4, -0.2) is 36.7 Å². The summed E-state index contributed by atoms with van der Waals surface area (Å²) in [6.45, 7) is 6.20. The lowest BCUT2D eigenvalue weighted by molar-refractivity contribution is -0.0734. The normalized spacial score (nSPS) is 22.2. The number of hydrogen-bond acceptors (Lipinski definition) is 4. The number of methoxy groups -OCH3 is 1. The highest BCUT2D eigenvalue weighted by atomic mass is 16.5. The van der Waals surface area contributed by atoms with E-state index in [9.17, 15) is 0 Å². The van der Waals surface area contributed by atoms with Gasteiger partial charge in [-0.2, -0.15) is 0 Å². The van der Waals surface area contributed by atoms with E-state index in [1.165, 1.54) is 24.0 Å². The largest absolute Gasteiger partial charge is 0.384 e. The first-order valence-corrected chi connectivity index (χ1v) is 7.06. The van der Waals surface area contributed by atoms with Crippen LogP contribution in [0.4, 0.5) is 5.82 Å². The SMILES string of the molecule is COCC1(C2CC2)CN(Cc2c(C)ccnc2N)C1. The summed E-state index contributed by atoms with van der Waals surface area (Å²) in [5, 5.41) is 0. The van der Waals surface area contributed by atoms with Gasteiger partial charge in [0, 0.05) is 43.9 Å². The lowest BCUT2D eigenvalue weighted by Crippen LogP contribution is -2.59. The Hall–Kier alpha value is -1.13. The quantitative estimate of drug-likeness (QED) is 0.878. The zero-order chi connectivity index (χ0) is 13.5. The number of hydrogen-bond donors (Lipinski definition) is 1. The van der Waals surface area contributed by atoms with E-state index in [2.05, 4.69) is 16.8 Å². The third kappa shape index (κ3) is 2.35. The Morgan fingerprint density at radius 2 is 2.21 bits per heavy atom. The number of likely N-dealkylation sites (tertiary alicyclic amines) is 1. The lowest BCUT2D eigenvalue weighted by atomic mass is 9.75. The number of ether oxygens (including phenoxy) is 1. The number of nitrogens with two attached hydrogens (primary N) is 1. The smallest absolute Gasteiger partial charge is 0.128 e. The van der Waals surface area contributed by atoms with E-state index in [0.717, 1.165) is 32.2 Å². The molecule has 1 saturated heterocycles. The molecular formula is C15H23N3O. The summed E-state index contributed by atoms with van der Waals surface area (Å²) in [4.78, 5) is 6.67. The molecule has 2 fully saturated rings. The van der Waals surface area contributed by atoms with Crippen LogP contribution in [0.15, 0.2) is 12.3 Å². The zero-order valence-corrected chi connectivity index (χ0v) is 11.9. The van der Waals surface area contributed by atoms with E-state index >= 15 is 0 Å². The predicted molar refractivity (Wildman–Crippen MR) is 75.7 cm³/mol. The van der Waals surface area contributed by atoms with Gasteiger partial charge in [-0.15, -0.1) is 0 Å². The Morgan fingerprint density at radius 1 is 1.47 bits per heavy atom. The van der Waals surface area contributed by atoms with E-state index in [1.807, 2.05) is 13.2 Å². The highest BCUT2D eigenvalue weighted by Crippen LogP contribution is 2.51. The molecular weight excluding hydrogens is 238 g/mol. The monoisotopic (exact) mass is 261 g/mol. The molecule has 2 heterocycles. The minimum absolute atomic E-state index is 0.416. The van der Waals surface area contributed by atoms with E-state index in [1.54, 1.807) is 6.20 Å². The number of nitrogens with zero attached hydrogens (tertiary/aromatic N) is 2. The van der Waals surface area contributed by atoms with Crippen molar-refractivity contribution < 1.29 is 4.74 Å². The minimum Gasteiger partial charge on any atom is -0.384 e. The molecule has 1 aromatic heterocycles. The van der Waals surface area contributed by atoms with Gasteiger partial charge in [-0.1, -0.05) is 0 Å². The topological polar surface area (TPSA) is 51.4 Å². The van der Waals surface area contributed by atoms with Gasteiger partial charge in [0.1, 0.15) is 5.82 Å². The van der Waals surface area contributed by atoms with Crippen LogP contribution in [-0.2, 0) is 11.3 Å². The second-order valence-corrected chi connectivity index (χ2v) is 6.21. The molecule has 0 radical (unpaired) electrons. The molecule has 0 atom stereocenters. The number of pyridine rings is 1. The van der Waals surface area contributed by atoms with Gasteiger partial charge in [0.15, 0.2) is 0 Å². The zero-order valence-electron chi connectivity index (χ0n) is 11.9. The fourth-order valence-corrected chi connectivity index (χ4v) is 3.45. The number of nitrogen functional groups attached to an aromatic ring is 1. The Morgan fingerprint density at radius 3 is 2.79 bits per heavy atom. The number of anilines is 1. The first-order valence-electron chi connectivity index (χ1n) is 7.06. The van der Waals surface area contributed by atoms with Crippen molar-refractivity contribution in [2.75, 3.05) is 32.5 Å². The average Bonchev–Trinajstić information content (AvgIpc) is 3.14. The molecule has 0 unspecified atom stereocenters. The average molecular weight is 261 g/mol. The van der Waals surface area contributed by atoms with Crippen molar-refractivity contribution in [1.29, 1.82) is 0 Å². The molecule has 2 aliphatic rings. The number of rotatable bonds is 5. The summed E-state index contributed by atoms with van der Waals surface area (Å²) < 4.78 is 5.43. The number of aromatic nitrogens is 1. The van der Waals surface area contributed by atoms with Crippen LogP contribution in [0, 0.1) is 18.3 Å². The third-order valence-corrected chi connectivity index (χ3v) is 4.66. The molecule has 1 aliphatic heterocycles. The molecule has 4 nitrogen and oxygen atoms in total. The molecule has 0 aromatic carbocycles. The molecule has 1 saturated carbocycles. The van der Waals surface area contributed by atoms with Gasteiger partial charge in [-0.05, 0) is 37.3 Å². The van der Waals surface area contributed by atoms with Crippen LogP contribution in [0.2, 0.25) is 0 Å². The van der Waals surface area contributed by atoms with Crippen molar-refractivity contribution >= 4 is 5.82 Å². The van der Waals surface area contributed by atoms with E-state index < -0.39 is 0 Å². The van der Waals surface area contributed by atoms with Gasteiger partial charge >= 0.3 is 0 Å². The molecule has 4 heteroatoms. The summed E-state index contributed by atoms with van der Waals surface area (Å²) in [5.41, 5.74) is 8.82. The van der Waals surface area contributed by atoms with E-state index in [4.69, 9.17) is 10.5 Å². The van der Waals surface area contributed by atoms with Crippen molar-refractivity contribution in [2.24, 2.45) is 11.3 Å². The first kappa shape index (κ1) is 12.9.